The van der Waals surface area contributed by atoms with Crippen LogP contribution in [0.5, 0.6) is 5.88 Å². The summed E-state index contributed by atoms with van der Waals surface area (Å²) in [6, 6.07) is 17.3. The van der Waals surface area contributed by atoms with Crippen molar-refractivity contribution in [3.63, 3.8) is 0 Å². The summed E-state index contributed by atoms with van der Waals surface area (Å²) in [7, 11) is 1.55. The van der Waals surface area contributed by atoms with Crippen LogP contribution >= 0.6 is 0 Å². The number of imidazole rings is 1. The topological polar surface area (TPSA) is 123 Å². The molecular formula is C30H23F2N5O4. The van der Waals surface area contributed by atoms with E-state index in [1.165, 1.54) is 30.5 Å². The molecule has 5 aromatic rings. The smallest absolute Gasteiger partial charge is 0.337 e. The number of nitrogens with zero attached hydrogens (tertiary/aromatic N) is 5. The van der Waals surface area contributed by atoms with E-state index in [2.05, 4.69) is 15.0 Å². The molecule has 0 aliphatic rings. The third-order valence-corrected chi connectivity index (χ3v) is 6.43. The lowest BCUT2D eigenvalue weighted by molar-refractivity contribution is 0.0696. The Labute approximate surface area is 233 Å². The number of aromatic nitrogens is 4. The highest BCUT2D eigenvalue weighted by molar-refractivity contribution is 5.91. The highest BCUT2D eigenvalue weighted by atomic mass is 19.1. The lowest BCUT2D eigenvalue weighted by atomic mass is 10.1. The zero-order chi connectivity index (χ0) is 28.9. The van der Waals surface area contributed by atoms with E-state index in [1.54, 1.807) is 42.0 Å². The van der Waals surface area contributed by atoms with Crippen molar-refractivity contribution in [2.75, 3.05) is 13.7 Å². The predicted molar refractivity (Wildman–Crippen MR) is 144 cm³/mol. The lowest BCUT2D eigenvalue weighted by Gasteiger charge is -2.11. The number of pyridine rings is 2. The van der Waals surface area contributed by atoms with Crippen LogP contribution in [0.2, 0.25) is 0 Å². The van der Waals surface area contributed by atoms with Gasteiger partial charge in [-0.2, -0.15) is 5.26 Å². The second kappa shape index (κ2) is 11.9. The molecule has 11 heteroatoms. The second-order valence-electron chi connectivity index (χ2n) is 9.10. The van der Waals surface area contributed by atoms with Crippen LogP contribution in [0, 0.1) is 23.0 Å². The van der Waals surface area contributed by atoms with Crippen molar-refractivity contribution in [3.8, 4) is 23.2 Å². The van der Waals surface area contributed by atoms with Crippen LogP contribution in [0.3, 0.4) is 0 Å². The summed E-state index contributed by atoms with van der Waals surface area (Å²) >= 11 is 0. The van der Waals surface area contributed by atoms with E-state index in [1.807, 2.05) is 6.07 Å². The van der Waals surface area contributed by atoms with Gasteiger partial charge < -0.3 is 19.1 Å². The molecule has 9 nitrogen and oxygen atoms in total. The normalized spacial score (nSPS) is 11.0. The Balaban J connectivity index is 1.36. The molecular weight excluding hydrogens is 532 g/mol. The molecule has 0 saturated heterocycles. The summed E-state index contributed by atoms with van der Waals surface area (Å²) in [6.07, 6.45) is 1.38. The van der Waals surface area contributed by atoms with Gasteiger partial charge in [-0.25, -0.2) is 28.5 Å². The van der Waals surface area contributed by atoms with E-state index >= 15 is 4.39 Å². The summed E-state index contributed by atoms with van der Waals surface area (Å²) < 4.78 is 42.1. The second-order valence-corrected chi connectivity index (χ2v) is 9.10. The molecule has 0 atom stereocenters. The number of fused-ring (bicyclic) bond motifs is 1. The van der Waals surface area contributed by atoms with Crippen LogP contribution in [0.15, 0.2) is 66.9 Å². The molecule has 1 N–H and O–H groups in total. The number of halogens is 2. The van der Waals surface area contributed by atoms with Crippen molar-refractivity contribution < 1.29 is 28.2 Å². The molecule has 5 rings (SSSR count). The van der Waals surface area contributed by atoms with Gasteiger partial charge in [-0.05, 0) is 35.9 Å². The number of ether oxygens (including phenoxy) is 2. The quantitative estimate of drug-likeness (QED) is 0.251. The fourth-order valence-corrected chi connectivity index (χ4v) is 4.30. The third-order valence-electron chi connectivity index (χ3n) is 6.43. The third kappa shape index (κ3) is 6.03. The number of methoxy groups -OCH3 is 1. The van der Waals surface area contributed by atoms with E-state index in [0.29, 0.717) is 47.0 Å². The van der Waals surface area contributed by atoms with E-state index in [-0.39, 0.29) is 35.6 Å². The maximum absolute atomic E-state index is 15.3. The van der Waals surface area contributed by atoms with Gasteiger partial charge in [-0.3, -0.25) is 0 Å². The minimum atomic E-state index is -1.11. The number of carboxylic acids is 1. The van der Waals surface area contributed by atoms with Crippen molar-refractivity contribution in [2.45, 2.75) is 19.6 Å². The van der Waals surface area contributed by atoms with E-state index in [0.717, 1.165) is 6.07 Å². The Morgan fingerprint density at radius 1 is 1.05 bits per heavy atom. The molecule has 0 amide bonds. The van der Waals surface area contributed by atoms with E-state index < -0.39 is 17.6 Å². The Morgan fingerprint density at radius 2 is 1.85 bits per heavy atom. The number of nitriles is 1. The van der Waals surface area contributed by atoms with Crippen LogP contribution in [0.1, 0.15) is 32.9 Å². The van der Waals surface area contributed by atoms with Gasteiger partial charge in [0.05, 0.1) is 35.0 Å². The molecule has 0 radical (unpaired) electrons. The fourth-order valence-electron chi connectivity index (χ4n) is 4.30. The minimum Gasteiger partial charge on any atom is -0.478 e. The molecule has 41 heavy (non-hydrogen) atoms. The van der Waals surface area contributed by atoms with Crippen LogP contribution in [0.4, 0.5) is 8.78 Å². The Hall–Kier alpha value is -5.21. The maximum Gasteiger partial charge on any atom is 0.337 e. The van der Waals surface area contributed by atoms with E-state index in [4.69, 9.17) is 14.7 Å². The first-order valence-electron chi connectivity index (χ1n) is 12.5. The molecule has 3 heterocycles. The molecule has 0 aliphatic heterocycles. The Bertz CT molecular complexity index is 1800. The first kappa shape index (κ1) is 27.4. The van der Waals surface area contributed by atoms with Crippen LogP contribution in [-0.4, -0.2) is 44.3 Å². The summed E-state index contributed by atoms with van der Waals surface area (Å²) in [6.45, 7) is 0.642. The molecule has 0 unspecified atom stereocenters. The molecule has 3 aromatic heterocycles. The summed E-state index contributed by atoms with van der Waals surface area (Å²) in [5.41, 5.74) is 2.76. The van der Waals surface area contributed by atoms with Gasteiger partial charge in [-0.15, -0.1) is 0 Å². The van der Waals surface area contributed by atoms with E-state index in [9.17, 15) is 14.3 Å². The largest absolute Gasteiger partial charge is 0.478 e. The van der Waals surface area contributed by atoms with Gasteiger partial charge in [0.15, 0.2) is 5.65 Å². The number of benzene rings is 2. The molecule has 0 saturated carbocycles. The molecule has 0 aliphatic carbocycles. The highest BCUT2D eigenvalue weighted by Crippen LogP contribution is 2.25. The van der Waals surface area contributed by atoms with Gasteiger partial charge in [-0.1, -0.05) is 24.3 Å². The number of hydrogen-bond donors (Lipinski definition) is 1. The SMILES string of the molecule is COCCn1c(Cc2ccc(-c3cccc(OCc4ccc(C#N)cc4F)n3)cc2F)nc2ncc(C(=O)O)cc21. The first-order valence-corrected chi connectivity index (χ1v) is 12.5. The predicted octanol–water partition coefficient (Wildman–Crippen LogP) is 5.16. The minimum absolute atomic E-state index is 0.0268. The standard InChI is InChI=1S/C30H23F2N5O4/c1-40-10-9-37-26-13-22(30(38)39)16-34-29(26)36-27(37)14-19-7-8-20(12-24(19)32)25-3-2-4-28(35-25)41-17-21-6-5-18(15-33)11-23(21)31/h2-8,11-13,16H,9-10,14,17H2,1H3,(H,38,39). The molecule has 2 aromatic carbocycles. The monoisotopic (exact) mass is 555 g/mol. The van der Waals surface area contributed by atoms with Crippen molar-refractivity contribution in [3.05, 3.63) is 107 Å². The fraction of sp³-hybridized carbons (Fsp3) is 0.167. The Morgan fingerprint density at radius 3 is 2.59 bits per heavy atom. The zero-order valence-corrected chi connectivity index (χ0v) is 21.8. The zero-order valence-electron chi connectivity index (χ0n) is 21.8. The number of carboxylic acid groups (broad SMARTS) is 1. The summed E-state index contributed by atoms with van der Waals surface area (Å²) in [5, 5.41) is 18.3. The molecule has 206 valence electrons. The van der Waals surface area contributed by atoms with Gasteiger partial charge >= 0.3 is 5.97 Å². The summed E-state index contributed by atoms with van der Waals surface area (Å²) in [5.74, 6) is -1.38. The number of rotatable bonds is 10. The Kier molecular flexibility index (Phi) is 7.94. The van der Waals surface area contributed by atoms with Crippen molar-refractivity contribution in [1.82, 2.24) is 19.5 Å². The number of hydrogen-bond acceptors (Lipinski definition) is 7. The summed E-state index contributed by atoms with van der Waals surface area (Å²) in [4.78, 5) is 24.5. The molecule has 0 fully saturated rings. The molecule has 0 bridgehead atoms. The van der Waals surface area contributed by atoms with Crippen LogP contribution in [-0.2, 0) is 24.3 Å². The van der Waals surface area contributed by atoms with Crippen LogP contribution in [0.25, 0.3) is 22.4 Å². The molecule has 0 spiro atoms. The van der Waals surface area contributed by atoms with Crippen molar-refractivity contribution in [2.24, 2.45) is 0 Å². The van der Waals surface area contributed by atoms with Crippen LogP contribution < -0.4 is 4.74 Å². The van der Waals surface area contributed by atoms with Gasteiger partial charge in [0.2, 0.25) is 5.88 Å². The number of carbonyl (C=O) groups is 1. The van der Waals surface area contributed by atoms with Crippen molar-refractivity contribution in [1.29, 1.82) is 5.26 Å². The van der Waals surface area contributed by atoms with Crippen molar-refractivity contribution >= 4 is 17.1 Å². The maximum atomic E-state index is 15.3. The average molecular weight is 556 g/mol. The average Bonchev–Trinajstić information content (AvgIpc) is 3.32. The lowest BCUT2D eigenvalue weighted by Crippen LogP contribution is -2.10. The van der Waals surface area contributed by atoms with Gasteiger partial charge in [0.25, 0.3) is 0 Å². The highest BCUT2D eigenvalue weighted by Gasteiger charge is 2.17. The van der Waals surface area contributed by atoms with Gasteiger partial charge in [0, 0.05) is 43.5 Å². The number of aromatic carboxylic acids is 1. The first-order chi connectivity index (χ1) is 19.9. The van der Waals surface area contributed by atoms with Gasteiger partial charge in [0.1, 0.15) is 24.1 Å².